The van der Waals surface area contributed by atoms with Crippen LogP contribution < -0.4 is 0 Å². The molecule has 0 aliphatic rings. The van der Waals surface area contributed by atoms with Crippen LogP contribution in [0.3, 0.4) is 0 Å². The quantitative estimate of drug-likeness (QED) is 0.360. The van der Waals surface area contributed by atoms with Gasteiger partial charge in [0.05, 0.1) is 0 Å². The van der Waals surface area contributed by atoms with E-state index in [1.807, 2.05) is 6.08 Å². The first-order chi connectivity index (χ1) is 5.77. The molecule has 0 bridgehead atoms. The van der Waals surface area contributed by atoms with Gasteiger partial charge in [0, 0.05) is 6.08 Å². The maximum absolute atomic E-state index is 10.0. The minimum atomic E-state index is -0.860. The van der Waals surface area contributed by atoms with E-state index in [4.69, 9.17) is 5.11 Å². The molecule has 68 valence electrons. The Balaban J connectivity index is 3.10. The minimum Gasteiger partial charge on any atom is -0.478 e. The van der Waals surface area contributed by atoms with E-state index in [2.05, 4.69) is 6.58 Å². The summed E-state index contributed by atoms with van der Waals surface area (Å²) in [5, 5.41) is 8.25. The van der Waals surface area contributed by atoms with Crippen LogP contribution in [0.4, 0.5) is 0 Å². The van der Waals surface area contributed by atoms with Crippen molar-refractivity contribution in [2.45, 2.75) is 32.1 Å². The van der Waals surface area contributed by atoms with Crippen LogP contribution in [-0.4, -0.2) is 11.1 Å². The summed E-state index contributed by atoms with van der Waals surface area (Å²) >= 11 is 0. The summed E-state index contributed by atoms with van der Waals surface area (Å²) in [7, 11) is 0. The summed E-state index contributed by atoms with van der Waals surface area (Å²) in [6.07, 6.45) is 10.1. The highest BCUT2D eigenvalue weighted by Gasteiger charge is 1.87. The SMILES string of the molecule is C=CCCCCCC=CC(=O)O. The lowest BCUT2D eigenvalue weighted by molar-refractivity contribution is -0.131. The summed E-state index contributed by atoms with van der Waals surface area (Å²) in [4.78, 5) is 10.0. The van der Waals surface area contributed by atoms with E-state index < -0.39 is 5.97 Å². The van der Waals surface area contributed by atoms with Gasteiger partial charge in [-0.3, -0.25) is 0 Å². The van der Waals surface area contributed by atoms with Crippen molar-refractivity contribution >= 4 is 5.97 Å². The van der Waals surface area contributed by atoms with Gasteiger partial charge in [-0.25, -0.2) is 4.79 Å². The molecule has 2 heteroatoms. The van der Waals surface area contributed by atoms with Crippen LogP contribution in [0.25, 0.3) is 0 Å². The second-order valence-electron chi connectivity index (χ2n) is 2.67. The molecule has 0 spiro atoms. The zero-order chi connectivity index (χ0) is 9.23. The Labute approximate surface area is 73.6 Å². The molecule has 2 nitrogen and oxygen atoms in total. The molecule has 0 aromatic rings. The van der Waals surface area contributed by atoms with Crippen molar-refractivity contribution in [2.24, 2.45) is 0 Å². The van der Waals surface area contributed by atoms with Gasteiger partial charge in [0.25, 0.3) is 0 Å². The van der Waals surface area contributed by atoms with Gasteiger partial charge in [-0.2, -0.15) is 0 Å². The number of carboxylic acids is 1. The molecule has 0 rings (SSSR count). The largest absolute Gasteiger partial charge is 0.478 e. The second-order valence-corrected chi connectivity index (χ2v) is 2.67. The predicted octanol–water partition coefficient (Wildman–Crippen LogP) is 2.76. The number of allylic oxidation sites excluding steroid dienone is 2. The summed E-state index contributed by atoms with van der Waals surface area (Å²) in [6.45, 7) is 3.63. The molecule has 0 fully saturated rings. The van der Waals surface area contributed by atoms with Crippen LogP contribution in [0.5, 0.6) is 0 Å². The molecule has 0 saturated carbocycles. The number of hydrogen-bond acceptors (Lipinski definition) is 1. The first-order valence-corrected chi connectivity index (χ1v) is 4.27. The summed E-state index contributed by atoms with van der Waals surface area (Å²) in [6, 6.07) is 0. The maximum Gasteiger partial charge on any atom is 0.327 e. The van der Waals surface area contributed by atoms with Crippen molar-refractivity contribution in [2.75, 3.05) is 0 Å². The Bertz CT molecular complexity index is 159. The van der Waals surface area contributed by atoms with Crippen molar-refractivity contribution in [1.29, 1.82) is 0 Å². The van der Waals surface area contributed by atoms with E-state index in [0.717, 1.165) is 32.1 Å². The van der Waals surface area contributed by atoms with Gasteiger partial charge < -0.3 is 5.11 Å². The summed E-state index contributed by atoms with van der Waals surface area (Å²) in [5.74, 6) is -0.860. The number of aliphatic carboxylic acids is 1. The Morgan fingerprint density at radius 2 is 1.92 bits per heavy atom. The highest BCUT2D eigenvalue weighted by atomic mass is 16.4. The van der Waals surface area contributed by atoms with Crippen LogP contribution in [0.15, 0.2) is 24.8 Å². The number of hydrogen-bond donors (Lipinski definition) is 1. The number of carbonyl (C=O) groups is 1. The maximum atomic E-state index is 10.0. The van der Waals surface area contributed by atoms with Gasteiger partial charge in [0.15, 0.2) is 0 Å². The van der Waals surface area contributed by atoms with E-state index in [0.29, 0.717) is 0 Å². The predicted molar refractivity (Wildman–Crippen MR) is 50.1 cm³/mol. The van der Waals surface area contributed by atoms with Crippen LogP contribution in [-0.2, 0) is 4.79 Å². The van der Waals surface area contributed by atoms with Crippen molar-refractivity contribution in [1.82, 2.24) is 0 Å². The Kier molecular flexibility index (Phi) is 7.35. The molecule has 0 unspecified atom stereocenters. The lowest BCUT2D eigenvalue weighted by Crippen LogP contribution is -1.85. The fourth-order valence-corrected chi connectivity index (χ4v) is 0.912. The number of rotatable bonds is 7. The molecule has 0 aliphatic heterocycles. The summed E-state index contributed by atoms with van der Waals surface area (Å²) in [5.41, 5.74) is 0. The molecule has 0 aliphatic carbocycles. The van der Waals surface area contributed by atoms with Gasteiger partial charge >= 0.3 is 5.97 Å². The normalized spacial score (nSPS) is 10.3. The Morgan fingerprint density at radius 3 is 2.50 bits per heavy atom. The van der Waals surface area contributed by atoms with Crippen LogP contribution >= 0.6 is 0 Å². The second kappa shape index (κ2) is 8.05. The molecule has 0 atom stereocenters. The monoisotopic (exact) mass is 168 g/mol. The van der Waals surface area contributed by atoms with Crippen molar-refractivity contribution in [3.8, 4) is 0 Å². The van der Waals surface area contributed by atoms with Gasteiger partial charge in [-0.05, 0) is 25.7 Å². The van der Waals surface area contributed by atoms with E-state index in [-0.39, 0.29) is 0 Å². The van der Waals surface area contributed by atoms with E-state index in [1.54, 1.807) is 6.08 Å². The van der Waals surface area contributed by atoms with Gasteiger partial charge in [-0.15, -0.1) is 6.58 Å². The van der Waals surface area contributed by atoms with E-state index in [9.17, 15) is 4.79 Å². The van der Waals surface area contributed by atoms with Gasteiger partial charge in [0.2, 0.25) is 0 Å². The summed E-state index contributed by atoms with van der Waals surface area (Å²) < 4.78 is 0. The third kappa shape index (κ3) is 8.95. The Hall–Kier alpha value is -1.05. The topological polar surface area (TPSA) is 37.3 Å². The molecular formula is C10H16O2. The molecule has 0 aromatic carbocycles. The third-order valence-corrected chi connectivity index (χ3v) is 1.54. The number of carboxylic acid groups (broad SMARTS) is 1. The molecule has 1 N–H and O–H groups in total. The molecule has 0 amide bonds. The third-order valence-electron chi connectivity index (χ3n) is 1.54. The van der Waals surface area contributed by atoms with Crippen molar-refractivity contribution < 1.29 is 9.90 Å². The zero-order valence-electron chi connectivity index (χ0n) is 7.33. The first-order valence-electron chi connectivity index (χ1n) is 4.27. The zero-order valence-corrected chi connectivity index (χ0v) is 7.33. The molecule has 0 radical (unpaired) electrons. The lowest BCUT2D eigenvalue weighted by atomic mass is 10.1. The van der Waals surface area contributed by atoms with E-state index in [1.165, 1.54) is 6.08 Å². The van der Waals surface area contributed by atoms with Crippen LogP contribution in [0.2, 0.25) is 0 Å². The van der Waals surface area contributed by atoms with E-state index >= 15 is 0 Å². The fourth-order valence-electron chi connectivity index (χ4n) is 0.912. The highest BCUT2D eigenvalue weighted by Crippen LogP contribution is 2.03. The molecule has 12 heavy (non-hydrogen) atoms. The fraction of sp³-hybridized carbons (Fsp3) is 0.500. The van der Waals surface area contributed by atoms with Crippen LogP contribution in [0.1, 0.15) is 32.1 Å². The molecule has 0 saturated heterocycles. The average molecular weight is 168 g/mol. The molecule has 0 aromatic heterocycles. The van der Waals surface area contributed by atoms with Gasteiger partial charge in [0.1, 0.15) is 0 Å². The lowest BCUT2D eigenvalue weighted by Gasteiger charge is -1.93. The molecule has 0 heterocycles. The highest BCUT2D eigenvalue weighted by molar-refractivity contribution is 5.79. The first kappa shape index (κ1) is 11.0. The van der Waals surface area contributed by atoms with Crippen LogP contribution in [0, 0.1) is 0 Å². The van der Waals surface area contributed by atoms with Gasteiger partial charge in [-0.1, -0.05) is 18.6 Å². The van der Waals surface area contributed by atoms with Crippen molar-refractivity contribution in [3.63, 3.8) is 0 Å². The van der Waals surface area contributed by atoms with Crippen molar-refractivity contribution in [3.05, 3.63) is 24.8 Å². The average Bonchev–Trinajstić information content (AvgIpc) is 2.02. The number of unbranched alkanes of at least 4 members (excludes halogenated alkanes) is 4. The molecular weight excluding hydrogens is 152 g/mol. The minimum absolute atomic E-state index is 0.860. The Morgan fingerprint density at radius 1 is 1.25 bits per heavy atom. The smallest absolute Gasteiger partial charge is 0.327 e. The standard InChI is InChI=1S/C10H16O2/c1-2-3-4-5-6-7-8-9-10(11)12/h2,8-9H,1,3-7H2,(H,11,12).